The van der Waals surface area contributed by atoms with Crippen molar-refractivity contribution in [3.05, 3.63) is 46.5 Å². The number of nitrogens with two attached hydrogens (primary N) is 2. The monoisotopic (exact) mass is 255 g/mol. The maximum Gasteiger partial charge on any atom is 0.294 e. The van der Waals surface area contributed by atoms with Gasteiger partial charge in [-0.2, -0.15) is 0 Å². The van der Waals surface area contributed by atoms with Crippen LogP contribution >= 0.6 is 0 Å². The van der Waals surface area contributed by atoms with E-state index in [1.807, 2.05) is 0 Å². The zero-order valence-electron chi connectivity index (χ0n) is 9.87. The molecular formula is C12H10BN3O3. The number of nitro benzene ring substituents is 1. The van der Waals surface area contributed by atoms with E-state index < -0.39 is 4.92 Å². The van der Waals surface area contributed by atoms with E-state index in [1.54, 1.807) is 24.3 Å². The lowest BCUT2D eigenvalue weighted by molar-refractivity contribution is -0.383. The first kappa shape index (κ1) is 12.8. The van der Waals surface area contributed by atoms with Gasteiger partial charge in [-0.05, 0) is 12.1 Å². The summed E-state index contributed by atoms with van der Waals surface area (Å²) >= 11 is 0. The first-order chi connectivity index (χ1) is 8.97. The Balaban J connectivity index is 2.36. The van der Waals surface area contributed by atoms with E-state index in [2.05, 4.69) is 0 Å². The standard InChI is InChI=1S/C12H10BN3O3/c13-7-2-1-3-8(4-7)19-12-6-9(14)11(16(17)18)5-10(12)15/h1-6H,14-15H2. The third-order valence-corrected chi connectivity index (χ3v) is 2.44. The van der Waals surface area contributed by atoms with Gasteiger partial charge >= 0.3 is 0 Å². The summed E-state index contributed by atoms with van der Waals surface area (Å²) in [5.41, 5.74) is 11.7. The fourth-order valence-electron chi connectivity index (χ4n) is 1.55. The van der Waals surface area contributed by atoms with Gasteiger partial charge in [0.2, 0.25) is 0 Å². The molecule has 6 nitrogen and oxygen atoms in total. The van der Waals surface area contributed by atoms with Crippen molar-refractivity contribution in [3.63, 3.8) is 0 Å². The fraction of sp³-hybridized carbons (Fsp3) is 0. The van der Waals surface area contributed by atoms with E-state index in [1.165, 1.54) is 6.07 Å². The number of nitrogens with zero attached hydrogens (tertiary/aromatic N) is 1. The van der Waals surface area contributed by atoms with Gasteiger partial charge in [-0.3, -0.25) is 10.1 Å². The molecule has 0 saturated heterocycles. The molecule has 94 valence electrons. The molecule has 2 aromatic carbocycles. The molecule has 0 bridgehead atoms. The molecule has 2 aromatic rings. The maximum absolute atomic E-state index is 10.7. The Morgan fingerprint density at radius 3 is 2.53 bits per heavy atom. The molecule has 0 saturated carbocycles. The fourth-order valence-corrected chi connectivity index (χ4v) is 1.55. The number of anilines is 2. The molecule has 0 aliphatic carbocycles. The Labute approximate surface area is 110 Å². The highest BCUT2D eigenvalue weighted by Gasteiger charge is 2.15. The smallest absolute Gasteiger partial charge is 0.294 e. The first-order valence-corrected chi connectivity index (χ1v) is 5.34. The molecule has 0 unspecified atom stereocenters. The van der Waals surface area contributed by atoms with Gasteiger partial charge < -0.3 is 16.2 Å². The molecule has 0 heterocycles. The number of nitro groups is 1. The van der Waals surface area contributed by atoms with Gasteiger partial charge in [0.25, 0.3) is 5.69 Å². The van der Waals surface area contributed by atoms with Gasteiger partial charge in [0, 0.05) is 12.1 Å². The molecule has 7 heteroatoms. The minimum atomic E-state index is -0.601. The van der Waals surface area contributed by atoms with E-state index in [0.29, 0.717) is 11.2 Å². The van der Waals surface area contributed by atoms with Crippen molar-refractivity contribution in [1.82, 2.24) is 0 Å². The van der Waals surface area contributed by atoms with Crippen molar-refractivity contribution in [2.24, 2.45) is 0 Å². The van der Waals surface area contributed by atoms with Crippen LogP contribution in [0.3, 0.4) is 0 Å². The predicted molar refractivity (Wildman–Crippen MR) is 73.8 cm³/mol. The topological polar surface area (TPSA) is 104 Å². The van der Waals surface area contributed by atoms with E-state index in [-0.39, 0.29) is 22.8 Å². The lowest BCUT2D eigenvalue weighted by atomic mass is 9.96. The minimum absolute atomic E-state index is 0.0156. The van der Waals surface area contributed by atoms with E-state index in [4.69, 9.17) is 24.1 Å². The van der Waals surface area contributed by atoms with Crippen LogP contribution < -0.4 is 21.7 Å². The molecule has 4 N–H and O–H groups in total. The number of hydrogen-bond acceptors (Lipinski definition) is 5. The van der Waals surface area contributed by atoms with Crippen LogP contribution in [0.15, 0.2) is 36.4 Å². The molecule has 0 amide bonds. The molecule has 2 rings (SSSR count). The summed E-state index contributed by atoms with van der Waals surface area (Å²) in [4.78, 5) is 10.1. The summed E-state index contributed by atoms with van der Waals surface area (Å²) in [5, 5.41) is 10.7. The Kier molecular flexibility index (Phi) is 3.28. The van der Waals surface area contributed by atoms with Crippen LogP contribution in [0, 0.1) is 10.1 Å². The Morgan fingerprint density at radius 2 is 1.89 bits per heavy atom. The van der Waals surface area contributed by atoms with Gasteiger partial charge in [0.15, 0.2) is 5.75 Å². The number of nitrogen functional groups attached to an aromatic ring is 2. The molecule has 19 heavy (non-hydrogen) atoms. The largest absolute Gasteiger partial charge is 0.455 e. The average Bonchev–Trinajstić information content (AvgIpc) is 2.33. The van der Waals surface area contributed by atoms with Crippen molar-refractivity contribution in [2.75, 3.05) is 11.5 Å². The lowest BCUT2D eigenvalue weighted by Gasteiger charge is -2.10. The van der Waals surface area contributed by atoms with Gasteiger partial charge in [0.05, 0.1) is 10.6 Å². The summed E-state index contributed by atoms with van der Waals surface area (Å²) in [5.74, 6) is 0.716. The zero-order chi connectivity index (χ0) is 14.0. The molecular weight excluding hydrogens is 245 g/mol. The first-order valence-electron chi connectivity index (χ1n) is 5.34. The molecule has 0 aliphatic rings. The van der Waals surface area contributed by atoms with Gasteiger partial charge in [0.1, 0.15) is 19.3 Å². The minimum Gasteiger partial charge on any atom is -0.455 e. The van der Waals surface area contributed by atoms with Crippen LogP contribution in [-0.2, 0) is 0 Å². The van der Waals surface area contributed by atoms with Crippen LogP contribution in [0.4, 0.5) is 17.1 Å². The van der Waals surface area contributed by atoms with Crippen LogP contribution in [0.25, 0.3) is 0 Å². The van der Waals surface area contributed by atoms with Crippen LogP contribution in [0.2, 0.25) is 0 Å². The second kappa shape index (κ2) is 4.89. The third-order valence-electron chi connectivity index (χ3n) is 2.44. The van der Waals surface area contributed by atoms with Crippen LogP contribution in [0.1, 0.15) is 0 Å². The summed E-state index contributed by atoms with van der Waals surface area (Å²) in [6.45, 7) is 0. The molecule has 0 spiro atoms. The third kappa shape index (κ3) is 2.76. The maximum atomic E-state index is 10.7. The Morgan fingerprint density at radius 1 is 1.16 bits per heavy atom. The summed E-state index contributed by atoms with van der Waals surface area (Å²) in [7, 11) is 5.62. The van der Waals surface area contributed by atoms with E-state index in [9.17, 15) is 10.1 Å². The van der Waals surface area contributed by atoms with Crippen LogP contribution in [-0.4, -0.2) is 12.8 Å². The van der Waals surface area contributed by atoms with Crippen molar-refractivity contribution < 1.29 is 9.66 Å². The second-order valence-electron chi connectivity index (χ2n) is 3.88. The quantitative estimate of drug-likeness (QED) is 0.372. The van der Waals surface area contributed by atoms with Gasteiger partial charge in [-0.25, -0.2) is 0 Å². The number of benzene rings is 2. The molecule has 0 fully saturated rings. The van der Waals surface area contributed by atoms with Crippen molar-refractivity contribution in [3.8, 4) is 11.5 Å². The van der Waals surface area contributed by atoms with E-state index >= 15 is 0 Å². The summed E-state index contributed by atoms with van der Waals surface area (Å²) in [6.07, 6.45) is 0. The highest BCUT2D eigenvalue weighted by Crippen LogP contribution is 2.34. The molecule has 0 atom stereocenters. The predicted octanol–water partition coefficient (Wildman–Crippen LogP) is 1.35. The van der Waals surface area contributed by atoms with Crippen molar-refractivity contribution in [2.45, 2.75) is 0 Å². The molecule has 2 radical (unpaired) electrons. The lowest BCUT2D eigenvalue weighted by Crippen LogP contribution is -2.02. The van der Waals surface area contributed by atoms with Gasteiger partial charge in [-0.15, -0.1) is 0 Å². The average molecular weight is 255 g/mol. The van der Waals surface area contributed by atoms with Crippen LogP contribution in [0.5, 0.6) is 11.5 Å². The number of hydrogen-bond donors (Lipinski definition) is 2. The molecule has 0 aromatic heterocycles. The SMILES string of the molecule is [B]c1cccc(Oc2cc(N)c([N+](=O)[O-])cc2N)c1. The highest BCUT2D eigenvalue weighted by atomic mass is 16.6. The van der Waals surface area contributed by atoms with Crippen molar-refractivity contribution in [1.29, 1.82) is 0 Å². The Bertz CT molecular complexity index is 646. The second-order valence-corrected chi connectivity index (χ2v) is 3.88. The van der Waals surface area contributed by atoms with E-state index in [0.717, 1.165) is 6.07 Å². The summed E-state index contributed by atoms with van der Waals surface area (Å²) in [6, 6.07) is 9.20. The number of rotatable bonds is 3. The van der Waals surface area contributed by atoms with Gasteiger partial charge in [-0.1, -0.05) is 17.6 Å². The molecule has 0 aliphatic heterocycles. The highest BCUT2D eigenvalue weighted by molar-refractivity contribution is 6.32. The summed E-state index contributed by atoms with van der Waals surface area (Å²) < 4.78 is 5.50. The normalized spacial score (nSPS) is 10.1. The zero-order valence-corrected chi connectivity index (χ0v) is 9.87. The van der Waals surface area contributed by atoms with Crippen molar-refractivity contribution >= 4 is 30.4 Å². The Hall–Kier alpha value is -2.70. The number of ether oxygens (including phenoxy) is 1.